The van der Waals surface area contributed by atoms with Crippen LogP contribution in [0.3, 0.4) is 0 Å². The molecule has 0 radical (unpaired) electrons. The molecule has 1 heterocycles. The monoisotopic (exact) mass is 375 g/mol. The fraction of sp³-hybridized carbons (Fsp3) is 0.550. The number of rotatable bonds is 7. The molecule has 2 rings (SSSR count). The van der Waals surface area contributed by atoms with Crippen LogP contribution in [0.2, 0.25) is 0 Å². The van der Waals surface area contributed by atoms with Crippen LogP contribution >= 0.6 is 0 Å². The summed E-state index contributed by atoms with van der Waals surface area (Å²) in [4.78, 5) is 36.9. The molecule has 1 aromatic rings. The summed E-state index contributed by atoms with van der Waals surface area (Å²) in [6.45, 7) is 5.85. The molecule has 0 aromatic heterocycles. The average molecular weight is 375 g/mol. The molecule has 1 saturated heterocycles. The number of esters is 1. The number of hydrogen-bond donors (Lipinski definition) is 3. The van der Waals surface area contributed by atoms with Crippen molar-refractivity contribution in [1.82, 2.24) is 16.0 Å². The minimum Gasteiger partial charge on any atom is -0.459 e. The van der Waals surface area contributed by atoms with E-state index in [1.807, 2.05) is 30.3 Å². The van der Waals surface area contributed by atoms with Crippen molar-refractivity contribution >= 4 is 17.8 Å². The quantitative estimate of drug-likeness (QED) is 0.616. The van der Waals surface area contributed by atoms with Crippen LogP contribution in [0.1, 0.15) is 39.2 Å². The highest BCUT2D eigenvalue weighted by Gasteiger charge is 2.28. The summed E-state index contributed by atoms with van der Waals surface area (Å²) < 4.78 is 5.20. The van der Waals surface area contributed by atoms with E-state index in [-0.39, 0.29) is 18.5 Å². The molecule has 148 valence electrons. The fourth-order valence-corrected chi connectivity index (χ4v) is 2.90. The number of ether oxygens (including phenoxy) is 1. The number of carbonyl (C=O) groups is 3. The van der Waals surface area contributed by atoms with Gasteiger partial charge in [-0.3, -0.25) is 14.4 Å². The number of amides is 2. The summed E-state index contributed by atoms with van der Waals surface area (Å²) >= 11 is 0. The van der Waals surface area contributed by atoms with Crippen molar-refractivity contribution in [2.24, 2.45) is 0 Å². The molecule has 2 atom stereocenters. The Bertz CT molecular complexity index is 649. The van der Waals surface area contributed by atoms with E-state index in [1.54, 1.807) is 20.8 Å². The van der Waals surface area contributed by atoms with Gasteiger partial charge in [-0.05, 0) is 45.7 Å². The van der Waals surface area contributed by atoms with Crippen LogP contribution in [0.15, 0.2) is 30.3 Å². The fourth-order valence-electron chi connectivity index (χ4n) is 2.90. The number of hydrogen-bond acceptors (Lipinski definition) is 5. The van der Waals surface area contributed by atoms with Gasteiger partial charge >= 0.3 is 5.97 Å². The standard InChI is InChI=1S/C20H29N3O4/c1-20(2,3)27-17(24)13-22-18(25)16(12-14-8-5-4-6-9-14)23-19(26)15-10-7-11-21-15/h4-6,8-9,15-16,21H,7,10-13H2,1-3H3,(H,22,25)(H,23,26)/t15-,16+/m0/s1. The molecule has 1 aromatic carbocycles. The maximum Gasteiger partial charge on any atom is 0.325 e. The summed E-state index contributed by atoms with van der Waals surface area (Å²) in [6, 6.07) is 8.41. The molecule has 27 heavy (non-hydrogen) atoms. The van der Waals surface area contributed by atoms with Crippen molar-refractivity contribution in [2.75, 3.05) is 13.1 Å². The van der Waals surface area contributed by atoms with Crippen LogP contribution in [0.25, 0.3) is 0 Å². The van der Waals surface area contributed by atoms with Crippen molar-refractivity contribution < 1.29 is 19.1 Å². The van der Waals surface area contributed by atoms with E-state index >= 15 is 0 Å². The van der Waals surface area contributed by atoms with Gasteiger partial charge < -0.3 is 20.7 Å². The maximum absolute atomic E-state index is 12.6. The maximum atomic E-state index is 12.6. The summed E-state index contributed by atoms with van der Waals surface area (Å²) in [7, 11) is 0. The van der Waals surface area contributed by atoms with Gasteiger partial charge in [0.05, 0.1) is 6.04 Å². The minimum atomic E-state index is -0.760. The van der Waals surface area contributed by atoms with Gasteiger partial charge in [0, 0.05) is 6.42 Å². The first-order valence-electron chi connectivity index (χ1n) is 9.32. The van der Waals surface area contributed by atoms with E-state index in [4.69, 9.17) is 4.74 Å². The largest absolute Gasteiger partial charge is 0.459 e. The molecule has 1 fully saturated rings. The molecule has 1 aliphatic rings. The van der Waals surface area contributed by atoms with E-state index in [0.717, 1.165) is 24.9 Å². The van der Waals surface area contributed by atoms with Crippen molar-refractivity contribution in [1.29, 1.82) is 0 Å². The highest BCUT2D eigenvalue weighted by atomic mass is 16.6. The lowest BCUT2D eigenvalue weighted by molar-refractivity contribution is -0.154. The zero-order valence-corrected chi connectivity index (χ0v) is 16.2. The van der Waals surface area contributed by atoms with Crippen LogP contribution in [0.4, 0.5) is 0 Å². The number of benzene rings is 1. The van der Waals surface area contributed by atoms with Crippen LogP contribution in [0, 0.1) is 0 Å². The molecule has 1 aliphatic heterocycles. The van der Waals surface area contributed by atoms with Gasteiger partial charge in [0.2, 0.25) is 11.8 Å². The first kappa shape index (κ1) is 20.9. The lowest BCUT2D eigenvalue weighted by Gasteiger charge is -2.22. The molecular formula is C20H29N3O4. The summed E-state index contributed by atoms with van der Waals surface area (Å²) in [5, 5.41) is 8.51. The highest BCUT2D eigenvalue weighted by Crippen LogP contribution is 2.09. The third-order valence-corrected chi connectivity index (χ3v) is 4.12. The van der Waals surface area contributed by atoms with Gasteiger partial charge in [0.25, 0.3) is 0 Å². The molecule has 2 amide bonds. The Morgan fingerprint density at radius 1 is 1.22 bits per heavy atom. The zero-order chi connectivity index (χ0) is 19.9. The third-order valence-electron chi connectivity index (χ3n) is 4.12. The molecule has 0 aliphatic carbocycles. The summed E-state index contributed by atoms with van der Waals surface area (Å²) in [5.74, 6) is -1.12. The topological polar surface area (TPSA) is 96.5 Å². The van der Waals surface area contributed by atoms with Gasteiger partial charge in [-0.1, -0.05) is 30.3 Å². The zero-order valence-electron chi connectivity index (χ0n) is 16.2. The Hall–Kier alpha value is -2.41. The van der Waals surface area contributed by atoms with Gasteiger partial charge in [-0.25, -0.2) is 0 Å². The number of nitrogens with one attached hydrogen (secondary N) is 3. The normalized spacial score (nSPS) is 17.8. The molecule has 0 unspecified atom stereocenters. The summed E-state index contributed by atoms with van der Waals surface area (Å²) in [5.41, 5.74) is 0.308. The number of carbonyl (C=O) groups excluding carboxylic acids is 3. The Morgan fingerprint density at radius 2 is 1.93 bits per heavy atom. The molecule has 7 heteroatoms. The minimum absolute atomic E-state index is 0.194. The smallest absolute Gasteiger partial charge is 0.325 e. The Balaban J connectivity index is 1.98. The van der Waals surface area contributed by atoms with Gasteiger partial charge in [0.15, 0.2) is 0 Å². The predicted octanol–water partition coefficient (Wildman–Crippen LogP) is 0.924. The predicted molar refractivity (Wildman–Crippen MR) is 102 cm³/mol. The van der Waals surface area contributed by atoms with E-state index < -0.39 is 23.5 Å². The highest BCUT2D eigenvalue weighted by molar-refractivity contribution is 5.91. The van der Waals surface area contributed by atoms with Crippen molar-refractivity contribution in [2.45, 2.75) is 57.7 Å². The molecular weight excluding hydrogens is 346 g/mol. The van der Waals surface area contributed by atoms with Crippen LogP contribution < -0.4 is 16.0 Å². The lowest BCUT2D eigenvalue weighted by atomic mass is 10.0. The summed E-state index contributed by atoms with van der Waals surface area (Å²) in [6.07, 6.45) is 2.04. The average Bonchev–Trinajstić information content (AvgIpc) is 3.13. The van der Waals surface area contributed by atoms with Gasteiger partial charge in [-0.2, -0.15) is 0 Å². The van der Waals surface area contributed by atoms with E-state index in [0.29, 0.717) is 6.42 Å². The van der Waals surface area contributed by atoms with Crippen molar-refractivity contribution in [3.8, 4) is 0 Å². The van der Waals surface area contributed by atoms with Crippen molar-refractivity contribution in [3.05, 3.63) is 35.9 Å². The molecule has 3 N–H and O–H groups in total. The third kappa shape index (κ3) is 7.38. The van der Waals surface area contributed by atoms with E-state index in [2.05, 4.69) is 16.0 Å². The molecule has 0 spiro atoms. The first-order chi connectivity index (χ1) is 12.7. The lowest BCUT2D eigenvalue weighted by Crippen LogP contribution is -2.53. The van der Waals surface area contributed by atoms with Gasteiger partial charge in [-0.15, -0.1) is 0 Å². The first-order valence-corrected chi connectivity index (χ1v) is 9.32. The molecule has 0 bridgehead atoms. The molecule has 7 nitrogen and oxygen atoms in total. The van der Waals surface area contributed by atoms with E-state index in [9.17, 15) is 14.4 Å². The Morgan fingerprint density at radius 3 is 2.52 bits per heavy atom. The second kappa shape index (κ2) is 9.50. The van der Waals surface area contributed by atoms with Crippen LogP contribution in [0.5, 0.6) is 0 Å². The van der Waals surface area contributed by atoms with Gasteiger partial charge in [0.1, 0.15) is 18.2 Å². The second-order valence-electron chi connectivity index (χ2n) is 7.70. The Kier molecular flexibility index (Phi) is 7.36. The van der Waals surface area contributed by atoms with Crippen molar-refractivity contribution in [3.63, 3.8) is 0 Å². The van der Waals surface area contributed by atoms with Crippen LogP contribution in [-0.2, 0) is 25.5 Å². The van der Waals surface area contributed by atoms with E-state index in [1.165, 1.54) is 0 Å². The Labute approximate surface area is 160 Å². The SMILES string of the molecule is CC(C)(C)OC(=O)CNC(=O)[C@@H](Cc1ccccc1)NC(=O)[C@@H]1CCCN1. The second-order valence-corrected chi connectivity index (χ2v) is 7.70. The molecule has 0 saturated carbocycles. The van der Waals surface area contributed by atoms with Crippen LogP contribution in [-0.4, -0.2) is 48.6 Å².